The molecular formula is C11H12BrCl. The molecule has 0 aromatic heterocycles. The Balaban J connectivity index is 2.23. The summed E-state index contributed by atoms with van der Waals surface area (Å²) in [7, 11) is 0. The zero-order valence-electron chi connectivity index (χ0n) is 7.56. The maximum atomic E-state index is 5.84. The molecule has 0 spiro atoms. The van der Waals surface area contributed by atoms with Crippen LogP contribution in [0.25, 0.3) is 0 Å². The summed E-state index contributed by atoms with van der Waals surface area (Å²) in [5, 5.41) is 1.93. The van der Waals surface area contributed by atoms with Gasteiger partial charge in [-0.05, 0) is 35.4 Å². The Morgan fingerprint density at radius 2 is 2.08 bits per heavy atom. The van der Waals surface area contributed by atoms with E-state index < -0.39 is 0 Å². The number of alkyl halides is 1. The summed E-state index contributed by atoms with van der Waals surface area (Å²) in [6, 6.07) is 8.24. The quantitative estimate of drug-likeness (QED) is 0.704. The third-order valence-corrected chi connectivity index (χ3v) is 4.13. The van der Waals surface area contributed by atoms with Gasteiger partial charge in [0.15, 0.2) is 0 Å². The molecule has 2 rings (SSSR count). The van der Waals surface area contributed by atoms with Crippen molar-refractivity contribution in [3.63, 3.8) is 0 Å². The summed E-state index contributed by atoms with van der Waals surface area (Å²) in [5.74, 6) is 0.800. The monoisotopic (exact) mass is 258 g/mol. The van der Waals surface area contributed by atoms with E-state index in [1.807, 2.05) is 12.1 Å². The van der Waals surface area contributed by atoms with E-state index in [0.717, 1.165) is 16.3 Å². The summed E-state index contributed by atoms with van der Waals surface area (Å²) in [5.41, 5.74) is 1.81. The van der Waals surface area contributed by atoms with E-state index in [-0.39, 0.29) is 0 Å². The van der Waals surface area contributed by atoms with Gasteiger partial charge in [0, 0.05) is 10.4 Å². The van der Waals surface area contributed by atoms with Gasteiger partial charge in [0.1, 0.15) is 0 Å². The number of rotatable bonds is 2. The van der Waals surface area contributed by atoms with E-state index >= 15 is 0 Å². The van der Waals surface area contributed by atoms with E-state index in [0.29, 0.717) is 5.41 Å². The molecule has 0 heterocycles. The van der Waals surface area contributed by atoms with Gasteiger partial charge >= 0.3 is 0 Å². The maximum absolute atomic E-state index is 5.84. The third kappa shape index (κ3) is 1.64. The second-order valence-electron chi connectivity index (χ2n) is 3.98. The molecule has 0 saturated heterocycles. The number of hydrogen-bond donors (Lipinski definition) is 0. The van der Waals surface area contributed by atoms with Gasteiger partial charge in [-0.2, -0.15) is 0 Å². The molecule has 1 aliphatic carbocycles. The van der Waals surface area contributed by atoms with Crippen LogP contribution in [0.4, 0.5) is 0 Å². The second-order valence-corrected chi connectivity index (χ2v) is 5.06. The van der Waals surface area contributed by atoms with E-state index in [1.54, 1.807) is 0 Å². The van der Waals surface area contributed by atoms with Crippen LogP contribution in [-0.2, 0) is 5.41 Å². The lowest BCUT2D eigenvalue weighted by molar-refractivity contribution is 0.710. The molecule has 1 aromatic rings. The largest absolute Gasteiger partial charge is 0.0925 e. The van der Waals surface area contributed by atoms with Gasteiger partial charge in [0.25, 0.3) is 0 Å². The van der Waals surface area contributed by atoms with Gasteiger partial charge in [-0.3, -0.25) is 0 Å². The van der Waals surface area contributed by atoms with Crippen LogP contribution in [-0.4, -0.2) is 5.33 Å². The summed E-state index contributed by atoms with van der Waals surface area (Å²) in [6.07, 6.45) is 1.29. The highest BCUT2D eigenvalue weighted by atomic mass is 79.9. The van der Waals surface area contributed by atoms with Crippen LogP contribution < -0.4 is 0 Å². The smallest absolute Gasteiger partial charge is 0.0406 e. The highest BCUT2D eigenvalue weighted by molar-refractivity contribution is 9.09. The molecule has 0 bridgehead atoms. The van der Waals surface area contributed by atoms with Crippen molar-refractivity contribution in [2.45, 2.75) is 18.8 Å². The Morgan fingerprint density at radius 3 is 2.54 bits per heavy atom. The minimum atomic E-state index is 0.397. The number of hydrogen-bond acceptors (Lipinski definition) is 0. The highest BCUT2D eigenvalue weighted by Gasteiger charge is 2.49. The standard InChI is InChI=1S/C11H12BrCl/c1-11(6-9(11)7-12)8-2-4-10(13)5-3-8/h2-5,9H,6-7H2,1H3. The molecule has 0 nitrogen and oxygen atoms in total. The number of benzene rings is 1. The topological polar surface area (TPSA) is 0 Å². The van der Waals surface area contributed by atoms with Crippen LogP contribution in [0, 0.1) is 5.92 Å². The average molecular weight is 260 g/mol. The highest BCUT2D eigenvalue weighted by Crippen LogP contribution is 2.54. The van der Waals surface area contributed by atoms with Crippen molar-refractivity contribution in [1.82, 2.24) is 0 Å². The number of halogens is 2. The summed E-state index contributed by atoms with van der Waals surface area (Å²) in [6.45, 7) is 2.32. The molecule has 2 unspecified atom stereocenters. The molecule has 0 amide bonds. The Kier molecular flexibility index (Phi) is 2.41. The molecular weight excluding hydrogens is 247 g/mol. The fraction of sp³-hybridized carbons (Fsp3) is 0.455. The molecule has 1 aromatic carbocycles. The van der Waals surface area contributed by atoms with Crippen LogP contribution in [0.1, 0.15) is 18.9 Å². The van der Waals surface area contributed by atoms with Crippen LogP contribution in [0.3, 0.4) is 0 Å². The normalized spacial score (nSPS) is 31.8. The summed E-state index contributed by atoms with van der Waals surface area (Å²) < 4.78 is 0. The molecule has 1 aliphatic rings. The fourth-order valence-corrected chi connectivity index (χ4v) is 2.93. The third-order valence-electron chi connectivity index (χ3n) is 3.10. The second kappa shape index (κ2) is 3.29. The van der Waals surface area contributed by atoms with E-state index in [4.69, 9.17) is 11.6 Å². The predicted octanol–water partition coefficient (Wildman–Crippen LogP) is 4.01. The van der Waals surface area contributed by atoms with Gasteiger partial charge in [-0.1, -0.05) is 46.6 Å². The lowest BCUT2D eigenvalue weighted by Gasteiger charge is -2.10. The Labute approximate surface area is 92.4 Å². The van der Waals surface area contributed by atoms with Crippen molar-refractivity contribution in [3.05, 3.63) is 34.9 Å². The molecule has 1 saturated carbocycles. The lowest BCUT2D eigenvalue weighted by atomic mass is 9.96. The van der Waals surface area contributed by atoms with E-state index in [2.05, 4.69) is 35.0 Å². The van der Waals surface area contributed by atoms with Crippen molar-refractivity contribution in [2.75, 3.05) is 5.33 Å². The van der Waals surface area contributed by atoms with Crippen LogP contribution in [0.2, 0.25) is 5.02 Å². The van der Waals surface area contributed by atoms with Crippen molar-refractivity contribution in [1.29, 1.82) is 0 Å². The molecule has 2 atom stereocenters. The maximum Gasteiger partial charge on any atom is 0.0406 e. The first-order valence-corrected chi connectivity index (χ1v) is 5.99. The first kappa shape index (κ1) is 9.54. The van der Waals surface area contributed by atoms with Crippen molar-refractivity contribution in [2.24, 2.45) is 5.92 Å². The van der Waals surface area contributed by atoms with Gasteiger partial charge in [-0.25, -0.2) is 0 Å². The SMILES string of the molecule is CC1(c2ccc(Cl)cc2)CC1CBr. The minimum absolute atomic E-state index is 0.397. The Hall–Kier alpha value is -0.0100. The van der Waals surface area contributed by atoms with Gasteiger partial charge in [0.05, 0.1) is 0 Å². The summed E-state index contributed by atoms with van der Waals surface area (Å²) >= 11 is 9.38. The molecule has 1 fully saturated rings. The molecule has 0 radical (unpaired) electrons. The molecule has 0 aliphatic heterocycles. The van der Waals surface area contributed by atoms with Crippen LogP contribution in [0.5, 0.6) is 0 Å². The first-order chi connectivity index (χ1) is 6.16. The van der Waals surface area contributed by atoms with Gasteiger partial charge < -0.3 is 0 Å². The molecule has 0 N–H and O–H groups in total. The predicted molar refractivity (Wildman–Crippen MR) is 60.7 cm³/mol. The zero-order chi connectivity index (χ0) is 9.47. The van der Waals surface area contributed by atoms with Crippen molar-refractivity contribution >= 4 is 27.5 Å². The van der Waals surface area contributed by atoms with Crippen LogP contribution >= 0.6 is 27.5 Å². The molecule has 13 heavy (non-hydrogen) atoms. The van der Waals surface area contributed by atoms with Gasteiger partial charge in [0.2, 0.25) is 0 Å². The fourth-order valence-electron chi connectivity index (χ4n) is 1.86. The first-order valence-electron chi connectivity index (χ1n) is 4.49. The Morgan fingerprint density at radius 1 is 1.46 bits per heavy atom. The minimum Gasteiger partial charge on any atom is -0.0925 e. The summed E-state index contributed by atoms with van der Waals surface area (Å²) in [4.78, 5) is 0. The average Bonchev–Trinajstić information content (AvgIpc) is 2.80. The van der Waals surface area contributed by atoms with E-state index in [9.17, 15) is 0 Å². The van der Waals surface area contributed by atoms with Crippen LogP contribution in [0.15, 0.2) is 24.3 Å². The Bertz CT molecular complexity index is 306. The van der Waals surface area contributed by atoms with Crippen molar-refractivity contribution < 1.29 is 0 Å². The van der Waals surface area contributed by atoms with E-state index in [1.165, 1.54) is 12.0 Å². The zero-order valence-corrected chi connectivity index (χ0v) is 9.90. The van der Waals surface area contributed by atoms with Crippen molar-refractivity contribution in [3.8, 4) is 0 Å². The molecule has 2 heteroatoms. The lowest BCUT2D eigenvalue weighted by Crippen LogP contribution is -2.04. The van der Waals surface area contributed by atoms with Gasteiger partial charge in [-0.15, -0.1) is 0 Å². The molecule has 70 valence electrons.